The molecule has 2 heterocycles. The van der Waals surface area contributed by atoms with Crippen molar-refractivity contribution in [3.63, 3.8) is 0 Å². The predicted octanol–water partition coefficient (Wildman–Crippen LogP) is 12.0. The van der Waals surface area contributed by atoms with Gasteiger partial charge in [-0.1, -0.05) is 164 Å². The van der Waals surface area contributed by atoms with Crippen LogP contribution in [-0.4, -0.2) is 19.9 Å². The molecule has 0 atom stereocenters. The van der Waals surface area contributed by atoms with Crippen LogP contribution >= 0.6 is 0 Å². The van der Waals surface area contributed by atoms with E-state index < -0.39 is 5.41 Å². The highest BCUT2D eigenvalue weighted by molar-refractivity contribution is 5.89. The molecule has 2 aromatic heterocycles. The molecule has 0 amide bonds. The van der Waals surface area contributed by atoms with E-state index in [1.54, 1.807) is 0 Å². The fraction of sp³-hybridized carbons (Fsp3) is 0.0196. The Hall–Kier alpha value is -7.30. The quantitative estimate of drug-likeness (QED) is 0.166. The van der Waals surface area contributed by atoms with Crippen molar-refractivity contribution in [3.05, 3.63) is 229 Å². The third kappa shape index (κ3) is 5.63. The van der Waals surface area contributed by atoms with Crippen molar-refractivity contribution in [2.24, 2.45) is 0 Å². The van der Waals surface area contributed by atoms with Crippen molar-refractivity contribution < 1.29 is 0 Å². The summed E-state index contributed by atoms with van der Waals surface area (Å²) in [5.41, 5.74) is 13.8. The SMILES string of the molecule is c1ccc(-c2nc(-c3ccccc3)nc(-c3cc(-c4ccc5c(c4)C(c4ccccc4)(c4ccccc4)c4ccccc4-5)cc(-c4ccccn4)c3)n2)cc1. The van der Waals surface area contributed by atoms with E-state index in [4.69, 9.17) is 19.9 Å². The fourth-order valence-electron chi connectivity index (χ4n) is 8.17. The highest BCUT2D eigenvalue weighted by Gasteiger charge is 2.46. The molecule has 9 aromatic rings. The minimum atomic E-state index is -0.505. The maximum atomic E-state index is 5.11. The number of hydrogen-bond donors (Lipinski definition) is 0. The Labute approximate surface area is 320 Å². The first-order valence-corrected chi connectivity index (χ1v) is 18.6. The summed E-state index contributed by atoms with van der Waals surface area (Å²) < 4.78 is 0. The van der Waals surface area contributed by atoms with E-state index in [1.807, 2.05) is 79.0 Å². The normalized spacial score (nSPS) is 12.5. The second-order valence-electron chi connectivity index (χ2n) is 13.8. The summed E-state index contributed by atoms with van der Waals surface area (Å²) in [6.45, 7) is 0. The van der Waals surface area contributed by atoms with Gasteiger partial charge in [0.05, 0.1) is 11.1 Å². The molecule has 258 valence electrons. The zero-order valence-electron chi connectivity index (χ0n) is 29.9. The average molecular weight is 703 g/mol. The second-order valence-corrected chi connectivity index (χ2v) is 13.8. The molecule has 0 unspecified atom stereocenters. The molecule has 55 heavy (non-hydrogen) atoms. The van der Waals surface area contributed by atoms with Crippen molar-refractivity contribution in [2.45, 2.75) is 5.41 Å². The van der Waals surface area contributed by atoms with Gasteiger partial charge in [-0.3, -0.25) is 4.98 Å². The number of pyridine rings is 1. The molecular formula is C51H34N4. The molecule has 1 aliphatic carbocycles. The average Bonchev–Trinajstić information content (AvgIpc) is 3.58. The molecule has 1 aliphatic rings. The summed E-state index contributed by atoms with van der Waals surface area (Å²) in [5.74, 6) is 1.85. The molecule has 4 nitrogen and oxygen atoms in total. The monoisotopic (exact) mass is 702 g/mol. The van der Waals surface area contributed by atoms with Gasteiger partial charge in [-0.2, -0.15) is 0 Å². The Bertz CT molecular complexity index is 2690. The molecule has 7 aromatic carbocycles. The van der Waals surface area contributed by atoms with E-state index in [2.05, 4.69) is 127 Å². The maximum Gasteiger partial charge on any atom is 0.164 e. The molecule has 0 spiro atoms. The van der Waals surface area contributed by atoms with Crippen LogP contribution in [0, 0.1) is 0 Å². The number of rotatable bonds is 7. The molecule has 0 bridgehead atoms. The third-order valence-electron chi connectivity index (χ3n) is 10.6. The van der Waals surface area contributed by atoms with Crippen LogP contribution in [0.5, 0.6) is 0 Å². The molecule has 10 rings (SSSR count). The number of benzene rings is 7. The Morgan fingerprint density at radius 1 is 0.309 bits per heavy atom. The van der Waals surface area contributed by atoms with E-state index in [9.17, 15) is 0 Å². The molecule has 0 N–H and O–H groups in total. The molecule has 0 saturated carbocycles. The van der Waals surface area contributed by atoms with Gasteiger partial charge >= 0.3 is 0 Å². The fourth-order valence-corrected chi connectivity index (χ4v) is 8.17. The van der Waals surface area contributed by atoms with Crippen LogP contribution in [0.2, 0.25) is 0 Å². The van der Waals surface area contributed by atoms with Crippen LogP contribution in [0.4, 0.5) is 0 Å². The lowest BCUT2D eigenvalue weighted by Gasteiger charge is -2.34. The van der Waals surface area contributed by atoms with E-state index >= 15 is 0 Å². The number of aromatic nitrogens is 4. The van der Waals surface area contributed by atoms with E-state index in [0.29, 0.717) is 17.5 Å². The number of nitrogens with zero attached hydrogens (tertiary/aromatic N) is 4. The largest absolute Gasteiger partial charge is 0.256 e. The van der Waals surface area contributed by atoms with Gasteiger partial charge < -0.3 is 0 Å². The van der Waals surface area contributed by atoms with Crippen LogP contribution in [0.25, 0.3) is 67.7 Å². The first-order valence-electron chi connectivity index (χ1n) is 18.6. The van der Waals surface area contributed by atoms with Gasteiger partial charge in [0.15, 0.2) is 17.5 Å². The summed E-state index contributed by atoms with van der Waals surface area (Å²) in [5, 5.41) is 0. The summed E-state index contributed by atoms with van der Waals surface area (Å²) >= 11 is 0. The number of hydrogen-bond acceptors (Lipinski definition) is 4. The molecule has 4 heteroatoms. The molecule has 0 aliphatic heterocycles. The first-order chi connectivity index (χ1) is 27.3. The standard InChI is InChI=1S/C51H34N4/c1-5-17-35(18-6-1)48-53-49(36-19-7-2-8-20-36)55-50(54-48)40-32-38(31-39(33-40)47-27-15-16-30-52-47)37-28-29-44-43-25-13-14-26-45(43)51(46(44)34-37,41-21-9-3-10-22-41)42-23-11-4-12-24-42/h1-34H. The van der Waals surface area contributed by atoms with Crippen LogP contribution in [0.15, 0.2) is 206 Å². The topological polar surface area (TPSA) is 51.6 Å². The molecule has 0 fully saturated rings. The van der Waals surface area contributed by atoms with Crippen LogP contribution in [0.3, 0.4) is 0 Å². The molecule has 0 radical (unpaired) electrons. The van der Waals surface area contributed by atoms with Crippen molar-refractivity contribution in [1.82, 2.24) is 19.9 Å². The zero-order chi connectivity index (χ0) is 36.6. The van der Waals surface area contributed by atoms with Crippen molar-refractivity contribution >= 4 is 0 Å². The Morgan fingerprint density at radius 3 is 1.40 bits per heavy atom. The van der Waals surface area contributed by atoms with Gasteiger partial charge in [-0.15, -0.1) is 0 Å². The second kappa shape index (κ2) is 13.6. The van der Waals surface area contributed by atoms with E-state index in [0.717, 1.165) is 39.1 Å². The van der Waals surface area contributed by atoms with Crippen molar-refractivity contribution in [2.75, 3.05) is 0 Å². The zero-order valence-corrected chi connectivity index (χ0v) is 29.9. The molecule has 0 saturated heterocycles. The lowest BCUT2D eigenvalue weighted by molar-refractivity contribution is 0.769. The van der Waals surface area contributed by atoms with Gasteiger partial charge in [0.1, 0.15) is 0 Å². The Balaban J connectivity index is 1.22. The van der Waals surface area contributed by atoms with Gasteiger partial charge in [0, 0.05) is 28.5 Å². The van der Waals surface area contributed by atoms with Crippen molar-refractivity contribution in [1.29, 1.82) is 0 Å². The van der Waals surface area contributed by atoms with Crippen LogP contribution in [0.1, 0.15) is 22.3 Å². The maximum absolute atomic E-state index is 5.11. The third-order valence-corrected chi connectivity index (χ3v) is 10.6. The predicted molar refractivity (Wildman–Crippen MR) is 222 cm³/mol. The first kappa shape index (κ1) is 32.4. The van der Waals surface area contributed by atoms with E-state index in [-0.39, 0.29) is 0 Å². The highest BCUT2D eigenvalue weighted by atomic mass is 15.0. The minimum Gasteiger partial charge on any atom is -0.256 e. The summed E-state index contributed by atoms with van der Waals surface area (Å²) in [4.78, 5) is 20.0. The Kier molecular flexibility index (Phi) is 8.00. The van der Waals surface area contributed by atoms with Gasteiger partial charge in [-0.25, -0.2) is 15.0 Å². The summed E-state index contributed by atoms with van der Waals surface area (Å²) in [6, 6.07) is 70.5. The molecular weight excluding hydrogens is 669 g/mol. The highest BCUT2D eigenvalue weighted by Crippen LogP contribution is 2.56. The number of fused-ring (bicyclic) bond motifs is 3. The summed E-state index contributed by atoms with van der Waals surface area (Å²) in [7, 11) is 0. The Morgan fingerprint density at radius 2 is 0.800 bits per heavy atom. The van der Waals surface area contributed by atoms with Crippen LogP contribution in [-0.2, 0) is 5.41 Å². The van der Waals surface area contributed by atoms with Crippen molar-refractivity contribution in [3.8, 4) is 67.7 Å². The van der Waals surface area contributed by atoms with Crippen LogP contribution < -0.4 is 0 Å². The van der Waals surface area contributed by atoms with Gasteiger partial charge in [-0.05, 0) is 80.9 Å². The van der Waals surface area contributed by atoms with Gasteiger partial charge in [0.2, 0.25) is 0 Å². The minimum absolute atomic E-state index is 0.505. The summed E-state index contributed by atoms with van der Waals surface area (Å²) in [6.07, 6.45) is 1.84. The lowest BCUT2D eigenvalue weighted by atomic mass is 9.67. The van der Waals surface area contributed by atoms with E-state index in [1.165, 1.54) is 33.4 Å². The van der Waals surface area contributed by atoms with Gasteiger partial charge in [0.25, 0.3) is 0 Å². The lowest BCUT2D eigenvalue weighted by Crippen LogP contribution is -2.28. The smallest absolute Gasteiger partial charge is 0.164 e.